The van der Waals surface area contributed by atoms with Crippen LogP contribution in [0.4, 0.5) is 0 Å². The lowest BCUT2D eigenvalue weighted by molar-refractivity contribution is -0.143. The molecule has 0 amide bonds. The van der Waals surface area contributed by atoms with E-state index < -0.39 is 10.8 Å². The van der Waals surface area contributed by atoms with Gasteiger partial charge in [-0.3, -0.25) is 4.79 Å². The van der Waals surface area contributed by atoms with E-state index in [1.807, 2.05) is 31.2 Å². The quantitative estimate of drug-likeness (QED) is 0.773. The number of rotatable bonds is 4. The van der Waals surface area contributed by atoms with Gasteiger partial charge < -0.3 is 4.74 Å². The van der Waals surface area contributed by atoms with Crippen LogP contribution in [0.15, 0.2) is 40.6 Å². The molecular weight excluding hydrogens is 236 g/mol. The first-order chi connectivity index (χ1) is 7.99. The molecule has 1 aromatic carbocycles. The van der Waals surface area contributed by atoms with Gasteiger partial charge >= 0.3 is 5.97 Å². The van der Waals surface area contributed by atoms with E-state index in [2.05, 4.69) is 0 Å². The van der Waals surface area contributed by atoms with E-state index in [4.69, 9.17) is 4.74 Å². The van der Waals surface area contributed by atoms with E-state index in [9.17, 15) is 9.00 Å². The minimum absolute atomic E-state index is 0.344. The van der Waals surface area contributed by atoms with Crippen LogP contribution in [-0.2, 0) is 20.3 Å². The van der Waals surface area contributed by atoms with Crippen molar-refractivity contribution in [2.45, 2.75) is 31.8 Å². The molecule has 0 spiro atoms. The van der Waals surface area contributed by atoms with Crippen molar-refractivity contribution in [1.82, 2.24) is 0 Å². The number of aryl methyl sites for hydroxylation is 1. The third-order valence-electron chi connectivity index (χ3n) is 2.08. The van der Waals surface area contributed by atoms with Crippen LogP contribution in [0.25, 0.3) is 0 Å². The zero-order valence-corrected chi connectivity index (χ0v) is 11.0. The van der Waals surface area contributed by atoms with E-state index >= 15 is 0 Å². The summed E-state index contributed by atoms with van der Waals surface area (Å²) in [6.07, 6.45) is 1.26. The number of benzene rings is 1. The molecule has 17 heavy (non-hydrogen) atoms. The molecule has 0 fully saturated rings. The van der Waals surface area contributed by atoms with E-state index in [-0.39, 0.29) is 12.1 Å². The highest BCUT2D eigenvalue weighted by Crippen LogP contribution is 2.09. The first-order valence-corrected chi connectivity index (χ1v) is 6.53. The molecule has 0 saturated carbocycles. The second-order valence-corrected chi connectivity index (χ2v) is 5.09. The summed E-state index contributed by atoms with van der Waals surface area (Å²) in [4.78, 5) is 11.4. The van der Waals surface area contributed by atoms with Crippen molar-refractivity contribution in [3.63, 3.8) is 0 Å². The van der Waals surface area contributed by atoms with Crippen molar-refractivity contribution in [2.24, 2.45) is 0 Å². The molecule has 0 aliphatic heterocycles. The number of ether oxygens (including phenoxy) is 1. The Kier molecular flexibility index (Phi) is 5.10. The summed E-state index contributed by atoms with van der Waals surface area (Å²) < 4.78 is 16.7. The van der Waals surface area contributed by atoms with Gasteiger partial charge in [-0.25, -0.2) is 4.21 Å². The maximum atomic E-state index is 11.8. The maximum Gasteiger partial charge on any atom is 0.303 e. The molecule has 0 aromatic heterocycles. The van der Waals surface area contributed by atoms with Crippen LogP contribution in [0.1, 0.15) is 19.4 Å². The Balaban J connectivity index is 2.63. The molecule has 0 radical (unpaired) electrons. The molecule has 4 heteroatoms. The molecule has 0 N–H and O–H groups in total. The molecule has 0 heterocycles. The number of hydrogen-bond acceptors (Lipinski definition) is 3. The number of esters is 1. The summed E-state index contributed by atoms with van der Waals surface area (Å²) in [6, 6.07) is 7.48. The Morgan fingerprint density at radius 2 is 1.94 bits per heavy atom. The first-order valence-electron chi connectivity index (χ1n) is 5.32. The summed E-state index contributed by atoms with van der Waals surface area (Å²) in [5, 5.41) is 1.54. The first kappa shape index (κ1) is 13.6. The Hall–Kier alpha value is -1.42. The Labute approximate surface area is 104 Å². The van der Waals surface area contributed by atoms with Crippen LogP contribution >= 0.6 is 0 Å². The van der Waals surface area contributed by atoms with Gasteiger partial charge in [-0.15, -0.1) is 0 Å². The van der Waals surface area contributed by atoms with Crippen molar-refractivity contribution < 1.29 is 13.7 Å². The second kappa shape index (κ2) is 6.35. The van der Waals surface area contributed by atoms with Crippen molar-refractivity contribution in [2.75, 3.05) is 0 Å². The standard InChI is InChI=1S/C13H16O3S/c1-10-4-6-13(7-5-10)17(15)9-8-11(2)16-12(3)14/h4-9,11H,1-3H3/b9-8+/t11-,17?/m0/s1. The lowest BCUT2D eigenvalue weighted by Gasteiger charge is -2.05. The minimum atomic E-state index is -1.20. The average Bonchev–Trinajstić information content (AvgIpc) is 2.26. The molecule has 0 bridgehead atoms. The summed E-state index contributed by atoms with van der Waals surface area (Å²) in [5.74, 6) is -0.344. The van der Waals surface area contributed by atoms with E-state index in [0.29, 0.717) is 0 Å². The van der Waals surface area contributed by atoms with Gasteiger partial charge in [0.1, 0.15) is 6.10 Å². The molecule has 2 atom stereocenters. The molecule has 0 saturated heterocycles. The second-order valence-electron chi connectivity index (χ2n) is 3.75. The highest BCUT2D eigenvalue weighted by Gasteiger charge is 2.02. The maximum absolute atomic E-state index is 11.8. The molecule has 1 rings (SSSR count). The van der Waals surface area contributed by atoms with Gasteiger partial charge in [-0.2, -0.15) is 0 Å². The van der Waals surface area contributed by atoms with Crippen molar-refractivity contribution in [1.29, 1.82) is 0 Å². The van der Waals surface area contributed by atoms with Crippen LogP contribution in [-0.4, -0.2) is 16.3 Å². The van der Waals surface area contributed by atoms with E-state index in [0.717, 1.165) is 10.5 Å². The molecule has 92 valence electrons. The third kappa shape index (κ3) is 4.95. The van der Waals surface area contributed by atoms with Crippen LogP contribution in [0.5, 0.6) is 0 Å². The Morgan fingerprint density at radius 3 is 2.47 bits per heavy atom. The third-order valence-corrected chi connectivity index (χ3v) is 3.22. The molecule has 0 aliphatic carbocycles. The fourth-order valence-corrected chi connectivity index (χ4v) is 2.16. The topological polar surface area (TPSA) is 43.4 Å². The normalized spacial score (nSPS) is 14.5. The predicted octanol–water partition coefficient (Wildman–Crippen LogP) is 2.57. The molecular formula is C13H16O3S. The van der Waals surface area contributed by atoms with Gasteiger partial charge in [-0.05, 0) is 32.1 Å². The SMILES string of the molecule is CC(=O)O[C@@H](C)/C=C/S(=O)c1ccc(C)cc1. The fraction of sp³-hybridized carbons (Fsp3) is 0.308. The van der Waals surface area contributed by atoms with Gasteiger partial charge in [0.2, 0.25) is 0 Å². The Bertz CT molecular complexity index is 434. The van der Waals surface area contributed by atoms with Gasteiger partial charge in [0, 0.05) is 17.2 Å². The summed E-state index contributed by atoms with van der Waals surface area (Å²) >= 11 is 0. The zero-order valence-electron chi connectivity index (χ0n) is 10.2. The Morgan fingerprint density at radius 1 is 1.35 bits per heavy atom. The largest absolute Gasteiger partial charge is 0.459 e. The van der Waals surface area contributed by atoms with Crippen LogP contribution < -0.4 is 0 Å². The number of carbonyl (C=O) groups is 1. The minimum Gasteiger partial charge on any atom is -0.459 e. The zero-order chi connectivity index (χ0) is 12.8. The molecule has 3 nitrogen and oxygen atoms in total. The van der Waals surface area contributed by atoms with Crippen LogP contribution in [0.2, 0.25) is 0 Å². The van der Waals surface area contributed by atoms with Crippen molar-refractivity contribution in [3.8, 4) is 0 Å². The number of carbonyl (C=O) groups excluding carboxylic acids is 1. The highest BCUT2D eigenvalue weighted by molar-refractivity contribution is 7.88. The molecule has 1 aromatic rings. The van der Waals surface area contributed by atoms with Gasteiger partial charge in [-0.1, -0.05) is 17.7 Å². The molecule has 0 aliphatic rings. The van der Waals surface area contributed by atoms with Gasteiger partial charge in [0.05, 0.1) is 10.8 Å². The summed E-state index contributed by atoms with van der Waals surface area (Å²) in [7, 11) is -1.20. The van der Waals surface area contributed by atoms with Gasteiger partial charge in [0.15, 0.2) is 0 Å². The van der Waals surface area contributed by atoms with Crippen LogP contribution in [0, 0.1) is 6.92 Å². The summed E-state index contributed by atoms with van der Waals surface area (Å²) in [5.41, 5.74) is 1.13. The average molecular weight is 252 g/mol. The lowest BCUT2D eigenvalue weighted by atomic mass is 10.2. The van der Waals surface area contributed by atoms with Gasteiger partial charge in [0.25, 0.3) is 0 Å². The monoisotopic (exact) mass is 252 g/mol. The van der Waals surface area contributed by atoms with E-state index in [1.54, 1.807) is 13.0 Å². The summed E-state index contributed by atoms with van der Waals surface area (Å²) in [6.45, 7) is 5.05. The lowest BCUT2D eigenvalue weighted by Crippen LogP contribution is -2.09. The van der Waals surface area contributed by atoms with Crippen LogP contribution in [0.3, 0.4) is 0 Å². The van der Waals surface area contributed by atoms with E-state index in [1.165, 1.54) is 12.3 Å². The molecule has 1 unspecified atom stereocenters. The van der Waals surface area contributed by atoms with Crippen molar-refractivity contribution >= 4 is 16.8 Å². The number of hydrogen-bond donors (Lipinski definition) is 0. The predicted molar refractivity (Wildman–Crippen MR) is 68.0 cm³/mol. The fourth-order valence-electron chi connectivity index (χ4n) is 1.23. The smallest absolute Gasteiger partial charge is 0.303 e. The highest BCUT2D eigenvalue weighted by atomic mass is 32.2. The van der Waals surface area contributed by atoms with Crippen molar-refractivity contribution in [3.05, 3.63) is 41.3 Å².